The van der Waals surface area contributed by atoms with Gasteiger partial charge in [0.1, 0.15) is 4.90 Å². The van der Waals surface area contributed by atoms with Gasteiger partial charge < -0.3 is 4.90 Å². The number of hydrogen-bond acceptors (Lipinski definition) is 3. The molecule has 0 saturated carbocycles. The second kappa shape index (κ2) is 7.06. The van der Waals surface area contributed by atoms with Crippen LogP contribution in [-0.2, 0) is 21.2 Å². The number of hydrogen-bond donors (Lipinski definition) is 1. The van der Waals surface area contributed by atoms with Gasteiger partial charge in [0.15, 0.2) is 0 Å². The van der Waals surface area contributed by atoms with Crippen molar-refractivity contribution < 1.29 is 13.2 Å². The predicted molar refractivity (Wildman–Crippen MR) is 99.7 cm³/mol. The minimum absolute atomic E-state index is 0.0240. The van der Waals surface area contributed by atoms with Crippen molar-refractivity contribution in [2.75, 3.05) is 16.2 Å². The molecule has 7 heteroatoms. The lowest BCUT2D eigenvalue weighted by Gasteiger charge is -2.30. The smallest absolute Gasteiger partial charge is 0.263 e. The third kappa shape index (κ3) is 3.65. The molecule has 3 rings (SSSR count). The van der Waals surface area contributed by atoms with E-state index >= 15 is 0 Å². The Balaban J connectivity index is 1.95. The second-order valence-corrected chi connectivity index (χ2v) is 7.94. The molecule has 25 heavy (non-hydrogen) atoms. The van der Waals surface area contributed by atoms with Gasteiger partial charge >= 0.3 is 0 Å². The first-order valence-corrected chi connectivity index (χ1v) is 9.99. The molecule has 1 N–H and O–H groups in total. The van der Waals surface area contributed by atoms with E-state index in [-0.39, 0.29) is 15.8 Å². The highest BCUT2D eigenvalue weighted by Crippen LogP contribution is 2.32. The van der Waals surface area contributed by atoms with Crippen molar-refractivity contribution in [2.24, 2.45) is 0 Å². The van der Waals surface area contributed by atoms with E-state index in [1.165, 1.54) is 12.1 Å². The van der Waals surface area contributed by atoms with E-state index in [2.05, 4.69) is 4.72 Å². The van der Waals surface area contributed by atoms with Gasteiger partial charge in [0.05, 0.1) is 10.7 Å². The van der Waals surface area contributed by atoms with Gasteiger partial charge in [-0.05, 0) is 42.7 Å². The zero-order valence-corrected chi connectivity index (χ0v) is 15.4. The van der Waals surface area contributed by atoms with Crippen LogP contribution in [0.4, 0.5) is 11.4 Å². The fourth-order valence-electron chi connectivity index (χ4n) is 2.96. The van der Waals surface area contributed by atoms with Crippen molar-refractivity contribution in [2.45, 2.75) is 31.1 Å². The van der Waals surface area contributed by atoms with Gasteiger partial charge in [0.25, 0.3) is 10.0 Å². The number of fused-ring (bicyclic) bond motifs is 1. The molecular formula is C18H19ClN2O3S. The molecule has 0 fully saturated rings. The van der Waals surface area contributed by atoms with Crippen LogP contribution in [0.5, 0.6) is 0 Å². The SMILES string of the molecule is CCC(=O)N1CCCc2ccc(NS(=O)(=O)c3ccccc3Cl)cc21. The predicted octanol–water partition coefficient (Wildman–Crippen LogP) is 3.83. The Kier molecular flexibility index (Phi) is 5.01. The molecule has 132 valence electrons. The van der Waals surface area contributed by atoms with E-state index < -0.39 is 10.0 Å². The molecule has 2 aromatic rings. The number of carbonyl (C=O) groups is 1. The lowest BCUT2D eigenvalue weighted by Crippen LogP contribution is -2.35. The summed E-state index contributed by atoms with van der Waals surface area (Å²) in [4.78, 5) is 13.9. The summed E-state index contributed by atoms with van der Waals surface area (Å²) < 4.78 is 27.7. The molecule has 0 atom stereocenters. The molecular weight excluding hydrogens is 360 g/mol. The van der Waals surface area contributed by atoms with Gasteiger partial charge in [-0.1, -0.05) is 36.7 Å². The first-order chi connectivity index (χ1) is 11.9. The lowest BCUT2D eigenvalue weighted by molar-refractivity contribution is -0.118. The van der Waals surface area contributed by atoms with Crippen LogP contribution in [-0.4, -0.2) is 20.9 Å². The number of aryl methyl sites for hydroxylation is 1. The summed E-state index contributed by atoms with van der Waals surface area (Å²) in [6, 6.07) is 11.6. The number of rotatable bonds is 4. The van der Waals surface area contributed by atoms with Crippen molar-refractivity contribution in [3.05, 3.63) is 53.1 Å². The Hall–Kier alpha value is -2.05. The largest absolute Gasteiger partial charge is 0.312 e. The fourth-order valence-corrected chi connectivity index (χ4v) is 4.53. The first kappa shape index (κ1) is 17.8. The van der Waals surface area contributed by atoms with Crippen molar-refractivity contribution in [3.8, 4) is 0 Å². The summed E-state index contributed by atoms with van der Waals surface area (Å²) in [5.41, 5.74) is 2.24. The van der Waals surface area contributed by atoms with Crippen LogP contribution in [0.1, 0.15) is 25.3 Å². The highest BCUT2D eigenvalue weighted by atomic mass is 35.5. The number of nitrogens with zero attached hydrogens (tertiary/aromatic N) is 1. The summed E-state index contributed by atoms with van der Waals surface area (Å²) in [7, 11) is -3.80. The van der Waals surface area contributed by atoms with E-state index in [4.69, 9.17) is 11.6 Å². The van der Waals surface area contributed by atoms with Crippen LogP contribution in [0.15, 0.2) is 47.4 Å². The van der Waals surface area contributed by atoms with Crippen molar-refractivity contribution in [1.82, 2.24) is 0 Å². The Morgan fingerprint density at radius 3 is 2.72 bits per heavy atom. The van der Waals surface area contributed by atoms with Gasteiger partial charge in [-0.25, -0.2) is 8.42 Å². The number of sulfonamides is 1. The first-order valence-electron chi connectivity index (χ1n) is 8.13. The summed E-state index contributed by atoms with van der Waals surface area (Å²) in [6.07, 6.45) is 2.19. The van der Waals surface area contributed by atoms with Gasteiger partial charge in [-0.2, -0.15) is 0 Å². The van der Waals surface area contributed by atoms with Gasteiger partial charge in [-0.15, -0.1) is 0 Å². The van der Waals surface area contributed by atoms with Crippen molar-refractivity contribution >= 4 is 38.9 Å². The van der Waals surface area contributed by atoms with Crippen LogP contribution in [0.2, 0.25) is 5.02 Å². The van der Waals surface area contributed by atoms with Crippen molar-refractivity contribution in [1.29, 1.82) is 0 Å². The number of carbonyl (C=O) groups excluding carboxylic acids is 1. The molecule has 0 aromatic heterocycles. The maximum Gasteiger partial charge on any atom is 0.263 e. The molecule has 5 nitrogen and oxygen atoms in total. The van der Waals surface area contributed by atoms with Gasteiger partial charge in [0, 0.05) is 18.7 Å². The topological polar surface area (TPSA) is 66.5 Å². The molecule has 0 aliphatic carbocycles. The van der Waals surface area contributed by atoms with E-state index in [0.717, 1.165) is 24.1 Å². The lowest BCUT2D eigenvalue weighted by atomic mass is 10.0. The van der Waals surface area contributed by atoms with E-state index in [1.807, 2.05) is 13.0 Å². The Morgan fingerprint density at radius 2 is 2.00 bits per heavy atom. The molecule has 0 unspecified atom stereocenters. The molecule has 1 amide bonds. The standard InChI is InChI=1S/C18H19ClN2O3S/c1-2-18(22)21-11-5-6-13-9-10-14(12-16(13)21)20-25(23,24)17-8-4-3-7-15(17)19/h3-4,7-10,12,20H,2,5-6,11H2,1H3. The molecule has 0 bridgehead atoms. The van der Waals surface area contributed by atoms with E-state index in [9.17, 15) is 13.2 Å². The summed E-state index contributed by atoms with van der Waals surface area (Å²) in [5, 5.41) is 0.163. The average Bonchev–Trinajstić information content (AvgIpc) is 2.60. The molecule has 1 aliphatic rings. The van der Waals surface area contributed by atoms with Crippen LogP contribution in [0, 0.1) is 0 Å². The maximum atomic E-state index is 12.6. The molecule has 1 heterocycles. The van der Waals surface area contributed by atoms with Crippen LogP contribution in [0.25, 0.3) is 0 Å². The number of halogens is 1. The van der Waals surface area contributed by atoms with Crippen LogP contribution >= 0.6 is 11.6 Å². The molecule has 0 spiro atoms. The number of benzene rings is 2. The van der Waals surface area contributed by atoms with Crippen molar-refractivity contribution in [3.63, 3.8) is 0 Å². The van der Waals surface area contributed by atoms with Gasteiger partial charge in [-0.3, -0.25) is 9.52 Å². The molecule has 2 aromatic carbocycles. The van der Waals surface area contributed by atoms with Crippen LogP contribution < -0.4 is 9.62 Å². The fraction of sp³-hybridized carbons (Fsp3) is 0.278. The van der Waals surface area contributed by atoms with Gasteiger partial charge in [0.2, 0.25) is 5.91 Å². The normalized spacial score (nSPS) is 14.1. The summed E-state index contributed by atoms with van der Waals surface area (Å²) >= 11 is 6.00. The summed E-state index contributed by atoms with van der Waals surface area (Å²) in [5.74, 6) is 0.0343. The Morgan fingerprint density at radius 1 is 1.24 bits per heavy atom. The average molecular weight is 379 g/mol. The summed E-state index contributed by atoms with van der Waals surface area (Å²) in [6.45, 7) is 2.47. The van der Waals surface area contributed by atoms with E-state index in [1.54, 1.807) is 29.2 Å². The number of nitrogens with one attached hydrogen (secondary N) is 1. The zero-order chi connectivity index (χ0) is 18.0. The minimum atomic E-state index is -3.80. The second-order valence-electron chi connectivity index (χ2n) is 5.88. The molecule has 1 aliphatic heterocycles. The van der Waals surface area contributed by atoms with Crippen LogP contribution in [0.3, 0.4) is 0 Å². The molecule has 0 radical (unpaired) electrons. The molecule has 0 saturated heterocycles. The quantitative estimate of drug-likeness (QED) is 0.879. The van der Waals surface area contributed by atoms with E-state index in [0.29, 0.717) is 18.7 Å². The Bertz CT molecular complexity index is 912. The maximum absolute atomic E-state index is 12.6. The highest BCUT2D eigenvalue weighted by molar-refractivity contribution is 7.92. The third-order valence-corrected chi connectivity index (χ3v) is 6.07. The minimum Gasteiger partial charge on any atom is -0.312 e. The highest BCUT2D eigenvalue weighted by Gasteiger charge is 2.23. The number of amides is 1. The zero-order valence-electron chi connectivity index (χ0n) is 13.8. The third-order valence-electron chi connectivity index (χ3n) is 4.19. The Labute approximate surface area is 152 Å². The monoisotopic (exact) mass is 378 g/mol. The number of anilines is 2.